The van der Waals surface area contributed by atoms with Gasteiger partial charge in [0, 0.05) is 42.3 Å². The number of rotatable bonds is 6. The van der Waals surface area contributed by atoms with Gasteiger partial charge in [-0.3, -0.25) is 9.78 Å². The molecule has 4 rings (SSSR count). The Hall–Kier alpha value is -3.79. The van der Waals surface area contributed by atoms with E-state index in [1.807, 2.05) is 12.1 Å². The Balaban J connectivity index is 1.50. The van der Waals surface area contributed by atoms with Gasteiger partial charge < -0.3 is 19.7 Å². The topological polar surface area (TPSA) is 87.5 Å². The monoisotopic (exact) mass is 444 g/mol. The Bertz CT molecular complexity index is 1210. The van der Waals surface area contributed by atoms with Crippen molar-refractivity contribution in [2.75, 3.05) is 37.5 Å². The lowest BCUT2D eigenvalue weighted by Crippen LogP contribution is -2.38. The molecule has 0 saturated carbocycles. The van der Waals surface area contributed by atoms with E-state index in [1.165, 1.54) is 5.56 Å². The largest absolute Gasteiger partial charge is 0.493 e. The Kier molecular flexibility index (Phi) is 6.64. The first kappa shape index (κ1) is 22.4. The zero-order valence-corrected chi connectivity index (χ0v) is 19.2. The number of fused-ring (bicyclic) bond motifs is 1. The minimum Gasteiger partial charge on any atom is -0.493 e. The number of methoxy groups -OCH3 is 2. The number of ether oxygens (including phenoxy) is 2. The lowest BCUT2D eigenvalue weighted by molar-refractivity contribution is -0.120. The molecule has 1 N–H and O–H groups in total. The number of aryl methyl sites for hydroxylation is 1. The van der Waals surface area contributed by atoms with Gasteiger partial charge in [0.15, 0.2) is 11.5 Å². The van der Waals surface area contributed by atoms with Crippen LogP contribution in [0.3, 0.4) is 0 Å². The summed E-state index contributed by atoms with van der Waals surface area (Å²) in [5, 5.41) is 13.7. The van der Waals surface area contributed by atoms with Gasteiger partial charge in [-0.15, -0.1) is 0 Å². The molecule has 0 atom stereocenters. The fraction of sp³-hybridized carbons (Fsp3) is 0.346. The number of pyridine rings is 1. The normalized spacial score (nSPS) is 14.1. The van der Waals surface area contributed by atoms with E-state index in [0.717, 1.165) is 23.0 Å². The molecule has 33 heavy (non-hydrogen) atoms. The van der Waals surface area contributed by atoms with Crippen molar-refractivity contribution in [3.63, 3.8) is 0 Å². The molecule has 2 heterocycles. The molecule has 1 aromatic heterocycles. The van der Waals surface area contributed by atoms with Crippen LogP contribution >= 0.6 is 0 Å². The van der Waals surface area contributed by atoms with Crippen molar-refractivity contribution in [3.8, 4) is 17.6 Å². The molecule has 1 aliphatic rings. The highest BCUT2D eigenvalue weighted by atomic mass is 16.5. The number of nitrogens with zero attached hydrogens (tertiary/aromatic N) is 3. The molecular weight excluding hydrogens is 416 g/mol. The SMILES string of the molecule is CCc1ccc2ncc(C#N)c(N3CCC(C(=O)Nc4ccc(OC)c(OC)c4)CC3)c2c1. The van der Waals surface area contributed by atoms with E-state index in [0.29, 0.717) is 48.7 Å². The smallest absolute Gasteiger partial charge is 0.227 e. The quantitative estimate of drug-likeness (QED) is 0.601. The average molecular weight is 445 g/mol. The first-order valence-electron chi connectivity index (χ1n) is 11.2. The molecule has 1 amide bonds. The highest BCUT2D eigenvalue weighted by molar-refractivity contribution is 5.96. The van der Waals surface area contributed by atoms with Crippen LogP contribution in [-0.4, -0.2) is 38.2 Å². The number of carbonyl (C=O) groups is 1. The molecule has 2 aromatic carbocycles. The van der Waals surface area contributed by atoms with Crippen molar-refractivity contribution in [2.45, 2.75) is 26.2 Å². The van der Waals surface area contributed by atoms with Crippen LogP contribution in [0, 0.1) is 17.2 Å². The molecule has 1 fully saturated rings. The number of nitrogens with one attached hydrogen (secondary N) is 1. The van der Waals surface area contributed by atoms with E-state index in [2.05, 4.69) is 40.3 Å². The van der Waals surface area contributed by atoms with Gasteiger partial charge in [0.2, 0.25) is 5.91 Å². The van der Waals surface area contributed by atoms with Crippen LogP contribution < -0.4 is 19.7 Å². The van der Waals surface area contributed by atoms with E-state index < -0.39 is 0 Å². The summed E-state index contributed by atoms with van der Waals surface area (Å²) >= 11 is 0. The second-order valence-electron chi connectivity index (χ2n) is 8.16. The standard InChI is InChI=1S/C26H28N4O3/c1-4-17-5-7-22-21(13-17)25(19(15-27)16-28-22)30-11-9-18(10-12-30)26(31)29-20-6-8-23(32-2)24(14-20)33-3/h5-8,13-14,16,18H,4,9-12H2,1-3H3,(H,29,31). The fourth-order valence-corrected chi connectivity index (χ4v) is 4.39. The van der Waals surface area contributed by atoms with Crippen molar-refractivity contribution < 1.29 is 14.3 Å². The highest BCUT2D eigenvalue weighted by Gasteiger charge is 2.27. The van der Waals surface area contributed by atoms with Gasteiger partial charge in [0.25, 0.3) is 0 Å². The van der Waals surface area contributed by atoms with Crippen molar-refractivity contribution in [1.29, 1.82) is 5.26 Å². The van der Waals surface area contributed by atoms with Crippen molar-refractivity contribution >= 4 is 28.2 Å². The lowest BCUT2D eigenvalue weighted by Gasteiger charge is -2.34. The number of carbonyl (C=O) groups excluding carboxylic acids is 1. The number of hydrogen-bond donors (Lipinski definition) is 1. The zero-order chi connectivity index (χ0) is 23.4. The summed E-state index contributed by atoms with van der Waals surface area (Å²) in [4.78, 5) is 19.6. The molecule has 0 bridgehead atoms. The summed E-state index contributed by atoms with van der Waals surface area (Å²) in [5.41, 5.74) is 4.28. The number of benzene rings is 2. The minimum atomic E-state index is -0.0980. The van der Waals surface area contributed by atoms with E-state index in [9.17, 15) is 10.1 Å². The maximum absolute atomic E-state index is 12.9. The van der Waals surface area contributed by atoms with Gasteiger partial charge >= 0.3 is 0 Å². The summed E-state index contributed by atoms with van der Waals surface area (Å²) in [6.07, 6.45) is 3.99. The van der Waals surface area contributed by atoms with E-state index >= 15 is 0 Å². The minimum absolute atomic E-state index is 0.00441. The van der Waals surface area contributed by atoms with Crippen LogP contribution in [0.25, 0.3) is 10.9 Å². The Morgan fingerprint density at radius 1 is 1.15 bits per heavy atom. The summed E-state index contributed by atoms with van der Waals surface area (Å²) < 4.78 is 10.6. The molecule has 0 radical (unpaired) electrons. The molecule has 1 saturated heterocycles. The van der Waals surface area contributed by atoms with E-state index in [-0.39, 0.29) is 11.8 Å². The Morgan fingerprint density at radius 2 is 1.91 bits per heavy atom. The molecule has 3 aromatic rings. The summed E-state index contributed by atoms with van der Waals surface area (Å²) in [6, 6.07) is 13.9. The molecule has 0 spiro atoms. The first-order chi connectivity index (χ1) is 16.1. The van der Waals surface area contributed by atoms with Gasteiger partial charge in [-0.25, -0.2) is 0 Å². The maximum Gasteiger partial charge on any atom is 0.227 e. The Morgan fingerprint density at radius 3 is 2.58 bits per heavy atom. The van der Waals surface area contributed by atoms with Crippen molar-refractivity contribution in [1.82, 2.24) is 4.98 Å². The van der Waals surface area contributed by atoms with Crippen LogP contribution in [0.2, 0.25) is 0 Å². The first-order valence-corrected chi connectivity index (χ1v) is 11.2. The number of aromatic nitrogens is 1. The molecule has 170 valence electrons. The van der Waals surface area contributed by atoms with Gasteiger partial charge in [-0.05, 0) is 49.1 Å². The summed E-state index contributed by atoms with van der Waals surface area (Å²) in [7, 11) is 3.15. The molecule has 7 heteroatoms. The molecule has 1 aliphatic heterocycles. The van der Waals surface area contributed by atoms with E-state index in [1.54, 1.807) is 32.5 Å². The lowest BCUT2D eigenvalue weighted by atomic mass is 9.94. The van der Waals surface area contributed by atoms with Crippen molar-refractivity contribution in [3.05, 3.63) is 53.7 Å². The number of hydrogen-bond acceptors (Lipinski definition) is 6. The number of amides is 1. The fourth-order valence-electron chi connectivity index (χ4n) is 4.39. The third-order valence-electron chi connectivity index (χ3n) is 6.27. The third kappa shape index (κ3) is 4.56. The van der Waals surface area contributed by atoms with Gasteiger partial charge in [-0.1, -0.05) is 13.0 Å². The van der Waals surface area contributed by atoms with Crippen LogP contribution in [0.5, 0.6) is 11.5 Å². The number of anilines is 2. The number of nitriles is 1. The van der Waals surface area contributed by atoms with Crippen LogP contribution in [0.15, 0.2) is 42.6 Å². The Labute approximate surface area is 193 Å². The van der Waals surface area contributed by atoms with Crippen molar-refractivity contribution in [2.24, 2.45) is 5.92 Å². The summed E-state index contributed by atoms with van der Waals surface area (Å²) in [6.45, 7) is 3.52. The van der Waals surface area contributed by atoms with Crippen LogP contribution in [0.4, 0.5) is 11.4 Å². The second-order valence-corrected chi connectivity index (χ2v) is 8.16. The van der Waals surface area contributed by atoms with Gasteiger partial charge in [0.1, 0.15) is 6.07 Å². The van der Waals surface area contributed by atoms with Crippen LogP contribution in [-0.2, 0) is 11.2 Å². The second kappa shape index (κ2) is 9.78. The third-order valence-corrected chi connectivity index (χ3v) is 6.27. The average Bonchev–Trinajstić information content (AvgIpc) is 2.87. The molecular formula is C26H28N4O3. The summed E-state index contributed by atoms with van der Waals surface area (Å²) in [5.74, 6) is 1.09. The highest BCUT2D eigenvalue weighted by Crippen LogP contribution is 2.34. The molecule has 0 unspecified atom stereocenters. The van der Waals surface area contributed by atoms with Gasteiger partial charge in [-0.2, -0.15) is 5.26 Å². The zero-order valence-electron chi connectivity index (χ0n) is 19.2. The predicted molar refractivity (Wildman–Crippen MR) is 129 cm³/mol. The molecule has 7 nitrogen and oxygen atoms in total. The van der Waals surface area contributed by atoms with Gasteiger partial charge in [0.05, 0.1) is 31.0 Å². The maximum atomic E-state index is 12.9. The van der Waals surface area contributed by atoms with E-state index in [4.69, 9.17) is 9.47 Å². The number of piperidine rings is 1. The van der Waals surface area contributed by atoms with Crippen LogP contribution in [0.1, 0.15) is 30.9 Å². The molecule has 0 aliphatic carbocycles. The predicted octanol–water partition coefficient (Wildman–Crippen LogP) is 4.54.